The van der Waals surface area contributed by atoms with Gasteiger partial charge in [0.25, 0.3) is 5.91 Å². The van der Waals surface area contributed by atoms with E-state index in [1.165, 1.54) is 4.90 Å². The lowest BCUT2D eigenvalue weighted by molar-refractivity contribution is -0.135. The molecule has 4 rings (SSSR count). The Kier molecular flexibility index (Phi) is 5.30. The number of hydrogen-bond donors (Lipinski definition) is 3. The van der Waals surface area contributed by atoms with E-state index in [1.807, 2.05) is 30.3 Å². The van der Waals surface area contributed by atoms with Crippen molar-refractivity contribution in [3.05, 3.63) is 70.4 Å². The molecule has 1 heterocycles. The molecule has 2 amide bonds. The molecule has 0 radical (unpaired) electrons. The van der Waals surface area contributed by atoms with Crippen molar-refractivity contribution in [2.24, 2.45) is 0 Å². The Morgan fingerprint density at radius 3 is 2.77 bits per heavy atom. The molecule has 3 aromatic rings. The van der Waals surface area contributed by atoms with Crippen LogP contribution >= 0.6 is 11.6 Å². The van der Waals surface area contributed by atoms with E-state index in [4.69, 9.17) is 11.6 Å². The third-order valence-corrected chi connectivity index (χ3v) is 5.91. The highest BCUT2D eigenvalue weighted by molar-refractivity contribution is 6.31. The van der Waals surface area contributed by atoms with Gasteiger partial charge in [0, 0.05) is 42.5 Å². The quantitative estimate of drug-likeness (QED) is 0.600. The van der Waals surface area contributed by atoms with Gasteiger partial charge in [0.1, 0.15) is 11.3 Å². The number of fused-ring (bicyclic) bond motifs is 2. The van der Waals surface area contributed by atoms with E-state index in [1.54, 1.807) is 32.3 Å². The summed E-state index contributed by atoms with van der Waals surface area (Å²) in [7, 11) is 3.34. The number of H-pyrrole nitrogens is 1. The van der Waals surface area contributed by atoms with E-state index >= 15 is 0 Å². The van der Waals surface area contributed by atoms with Crippen LogP contribution in [0.1, 0.15) is 34.5 Å². The minimum atomic E-state index is -1.33. The summed E-state index contributed by atoms with van der Waals surface area (Å²) >= 11 is 6.03. The van der Waals surface area contributed by atoms with Crippen LogP contribution in [0, 0.1) is 0 Å². The van der Waals surface area contributed by atoms with Crippen LogP contribution < -0.4 is 5.32 Å². The number of rotatable bonds is 4. The van der Waals surface area contributed by atoms with Crippen LogP contribution in [0.5, 0.6) is 0 Å². The smallest absolute Gasteiger partial charge is 0.267 e. The molecular weight excluding hydrogens is 402 g/mol. The van der Waals surface area contributed by atoms with Gasteiger partial charge in [-0.15, -0.1) is 0 Å². The number of benzene rings is 2. The number of carbonyl (C=O) groups is 2. The van der Waals surface area contributed by atoms with Crippen LogP contribution in [-0.4, -0.2) is 46.9 Å². The molecule has 0 aliphatic heterocycles. The van der Waals surface area contributed by atoms with Gasteiger partial charge in [0.15, 0.2) is 0 Å². The fourth-order valence-electron chi connectivity index (χ4n) is 4.17. The first kappa shape index (κ1) is 20.4. The first-order valence-electron chi connectivity index (χ1n) is 9.85. The van der Waals surface area contributed by atoms with E-state index in [2.05, 4.69) is 10.3 Å². The summed E-state index contributed by atoms with van der Waals surface area (Å²) in [6.07, 6.45) is 0.822. The third kappa shape index (κ3) is 3.93. The number of halogens is 1. The fraction of sp³-hybridized carbons (Fsp3) is 0.304. The topological polar surface area (TPSA) is 85.4 Å². The Labute approximate surface area is 179 Å². The van der Waals surface area contributed by atoms with Gasteiger partial charge in [-0.3, -0.25) is 9.59 Å². The fourth-order valence-corrected chi connectivity index (χ4v) is 4.35. The molecule has 0 fully saturated rings. The molecule has 30 heavy (non-hydrogen) atoms. The number of aromatic nitrogens is 1. The number of aromatic amines is 1. The van der Waals surface area contributed by atoms with Crippen molar-refractivity contribution in [3.63, 3.8) is 0 Å². The van der Waals surface area contributed by atoms with Gasteiger partial charge >= 0.3 is 0 Å². The van der Waals surface area contributed by atoms with Crippen LogP contribution in [0.25, 0.3) is 10.9 Å². The molecular formula is C23H24ClN3O3. The lowest BCUT2D eigenvalue weighted by Crippen LogP contribution is -2.48. The van der Waals surface area contributed by atoms with E-state index in [9.17, 15) is 14.7 Å². The molecule has 1 aliphatic rings. The van der Waals surface area contributed by atoms with Gasteiger partial charge < -0.3 is 20.3 Å². The molecule has 0 spiro atoms. The SMILES string of the molecule is CN(C)C(=O)C[C@@]1(O)C[C@H](NC(=O)c2cc3cc(Cl)ccc3[nH]2)Cc2ccccc21. The maximum Gasteiger partial charge on any atom is 0.267 e. The number of carbonyl (C=O) groups excluding carboxylic acids is 2. The summed E-state index contributed by atoms with van der Waals surface area (Å²) in [6.45, 7) is 0. The number of amides is 2. The van der Waals surface area contributed by atoms with Crippen LogP contribution in [-0.2, 0) is 16.8 Å². The number of nitrogens with one attached hydrogen (secondary N) is 2. The molecule has 2 atom stereocenters. The van der Waals surface area contributed by atoms with Crippen LogP contribution in [0.15, 0.2) is 48.5 Å². The molecule has 7 heteroatoms. The Bertz CT molecular complexity index is 1120. The molecule has 0 saturated heterocycles. The van der Waals surface area contributed by atoms with E-state index < -0.39 is 5.60 Å². The van der Waals surface area contributed by atoms with Gasteiger partial charge in [-0.25, -0.2) is 0 Å². The third-order valence-electron chi connectivity index (χ3n) is 5.67. The van der Waals surface area contributed by atoms with E-state index in [0.717, 1.165) is 22.0 Å². The molecule has 156 valence electrons. The molecule has 1 aromatic heterocycles. The Balaban J connectivity index is 1.58. The summed E-state index contributed by atoms with van der Waals surface area (Å²) in [6, 6.07) is 14.4. The summed E-state index contributed by atoms with van der Waals surface area (Å²) in [5.74, 6) is -0.417. The zero-order chi connectivity index (χ0) is 21.5. The maximum atomic E-state index is 12.9. The zero-order valence-electron chi connectivity index (χ0n) is 16.9. The van der Waals surface area contributed by atoms with Crippen LogP contribution in [0.4, 0.5) is 0 Å². The molecule has 2 aromatic carbocycles. The van der Waals surface area contributed by atoms with Gasteiger partial charge in [0.05, 0.1) is 6.42 Å². The van der Waals surface area contributed by atoms with Crippen molar-refractivity contribution in [2.75, 3.05) is 14.1 Å². The summed E-state index contributed by atoms with van der Waals surface area (Å²) in [5, 5.41) is 15.9. The van der Waals surface area contributed by atoms with Crippen LogP contribution in [0.3, 0.4) is 0 Å². The van der Waals surface area contributed by atoms with Crippen molar-refractivity contribution in [3.8, 4) is 0 Å². The number of aliphatic hydroxyl groups is 1. The Morgan fingerprint density at radius 2 is 2.00 bits per heavy atom. The van der Waals surface area contributed by atoms with Gasteiger partial charge in [-0.1, -0.05) is 35.9 Å². The second kappa shape index (κ2) is 7.78. The largest absolute Gasteiger partial charge is 0.385 e. The predicted molar refractivity (Wildman–Crippen MR) is 117 cm³/mol. The lowest BCUT2D eigenvalue weighted by atomic mass is 9.74. The maximum absolute atomic E-state index is 12.9. The molecule has 0 unspecified atom stereocenters. The minimum Gasteiger partial charge on any atom is -0.385 e. The molecule has 6 nitrogen and oxygen atoms in total. The zero-order valence-corrected chi connectivity index (χ0v) is 17.7. The minimum absolute atomic E-state index is 0.0335. The summed E-state index contributed by atoms with van der Waals surface area (Å²) in [5.41, 5.74) is 1.62. The summed E-state index contributed by atoms with van der Waals surface area (Å²) in [4.78, 5) is 29.8. The average molecular weight is 426 g/mol. The highest BCUT2D eigenvalue weighted by Crippen LogP contribution is 2.38. The second-order valence-electron chi connectivity index (χ2n) is 8.15. The van der Waals surface area contributed by atoms with Crippen molar-refractivity contribution >= 4 is 34.3 Å². The van der Waals surface area contributed by atoms with Crippen molar-refractivity contribution < 1.29 is 14.7 Å². The predicted octanol–water partition coefficient (Wildman–Crippen LogP) is 3.23. The molecule has 3 N–H and O–H groups in total. The molecule has 1 aliphatic carbocycles. The first-order chi connectivity index (χ1) is 14.2. The van der Waals surface area contributed by atoms with Crippen molar-refractivity contribution in [2.45, 2.75) is 30.9 Å². The van der Waals surface area contributed by atoms with Gasteiger partial charge in [-0.2, -0.15) is 0 Å². The molecule has 0 saturated carbocycles. The van der Waals surface area contributed by atoms with Gasteiger partial charge in [0.2, 0.25) is 5.91 Å². The molecule has 0 bridgehead atoms. The second-order valence-corrected chi connectivity index (χ2v) is 8.58. The van der Waals surface area contributed by atoms with E-state index in [0.29, 0.717) is 17.1 Å². The van der Waals surface area contributed by atoms with Gasteiger partial charge in [-0.05, 0) is 41.8 Å². The van der Waals surface area contributed by atoms with Crippen molar-refractivity contribution in [1.82, 2.24) is 15.2 Å². The van der Waals surface area contributed by atoms with Crippen LogP contribution in [0.2, 0.25) is 5.02 Å². The monoisotopic (exact) mass is 425 g/mol. The Hall–Kier alpha value is -2.83. The normalized spacial score (nSPS) is 20.6. The lowest BCUT2D eigenvalue weighted by Gasteiger charge is -2.39. The highest BCUT2D eigenvalue weighted by Gasteiger charge is 2.41. The Morgan fingerprint density at radius 1 is 1.23 bits per heavy atom. The summed E-state index contributed by atoms with van der Waals surface area (Å²) < 4.78 is 0. The number of hydrogen-bond acceptors (Lipinski definition) is 3. The van der Waals surface area contributed by atoms with Crippen molar-refractivity contribution in [1.29, 1.82) is 0 Å². The highest BCUT2D eigenvalue weighted by atomic mass is 35.5. The average Bonchev–Trinajstić information content (AvgIpc) is 3.11. The first-order valence-corrected chi connectivity index (χ1v) is 10.2. The standard InChI is InChI=1S/C23H24ClN3O3/c1-27(2)21(28)13-23(30)12-17(10-14-5-3-4-6-18(14)23)25-22(29)20-11-15-9-16(24)7-8-19(15)26-20/h3-9,11,17,26,30H,10,12-13H2,1-2H3,(H,25,29)/t17-,23+/m1/s1. The number of nitrogens with zero attached hydrogens (tertiary/aromatic N) is 1. The van der Waals surface area contributed by atoms with E-state index in [-0.39, 0.29) is 30.7 Å².